The highest BCUT2D eigenvalue weighted by molar-refractivity contribution is 5.93. The second kappa shape index (κ2) is 10.1. The summed E-state index contributed by atoms with van der Waals surface area (Å²) in [5.74, 6) is 12.5. The lowest BCUT2D eigenvalue weighted by atomic mass is 9.53. The Bertz CT molecular complexity index is 1200. The van der Waals surface area contributed by atoms with Crippen LogP contribution in [0.2, 0.25) is 0 Å². The third-order valence-corrected chi connectivity index (χ3v) is 8.82. The van der Waals surface area contributed by atoms with Crippen LogP contribution in [0.1, 0.15) is 68.9 Å². The third kappa shape index (κ3) is 4.56. The van der Waals surface area contributed by atoms with E-state index in [1.54, 1.807) is 5.57 Å². The molecule has 0 heterocycles. The first-order valence-corrected chi connectivity index (χ1v) is 12.9. The third-order valence-electron chi connectivity index (χ3n) is 8.82. The molecule has 5 rings (SSSR count). The molecule has 1 aromatic carbocycles. The van der Waals surface area contributed by atoms with E-state index in [1.165, 1.54) is 16.7 Å². The minimum Gasteiger partial charge on any atom is -0.393 e. The number of hydrogen-bond donors (Lipinski definition) is 3. The number of fused-ring (bicyclic) bond motifs is 4. The molecule has 2 saturated carbocycles. The molecular formula is C29H34N4O3. The Morgan fingerprint density at radius 1 is 1.22 bits per heavy atom. The molecule has 188 valence electrons. The Labute approximate surface area is 212 Å². The van der Waals surface area contributed by atoms with Crippen LogP contribution in [-0.2, 0) is 9.53 Å². The van der Waals surface area contributed by atoms with E-state index in [0.717, 1.165) is 44.1 Å². The van der Waals surface area contributed by atoms with Gasteiger partial charge in [0.1, 0.15) is 13.2 Å². The monoisotopic (exact) mass is 486 g/mol. The zero-order valence-electron chi connectivity index (χ0n) is 20.8. The molecule has 7 nitrogen and oxygen atoms in total. The Kier molecular flexibility index (Phi) is 6.92. The average Bonchev–Trinajstić information content (AvgIpc) is 3.17. The van der Waals surface area contributed by atoms with Crippen molar-refractivity contribution < 1.29 is 14.6 Å². The quantitative estimate of drug-likeness (QED) is 0.109. The number of amidine groups is 1. The summed E-state index contributed by atoms with van der Waals surface area (Å²) in [6, 6.07) is 8.45. The van der Waals surface area contributed by atoms with Crippen molar-refractivity contribution in [1.29, 1.82) is 5.41 Å². The first-order valence-electron chi connectivity index (χ1n) is 12.9. The number of ether oxygens (including phenoxy) is 1. The molecule has 7 heteroatoms. The van der Waals surface area contributed by atoms with E-state index in [1.807, 2.05) is 6.08 Å². The van der Waals surface area contributed by atoms with Crippen LogP contribution < -0.4 is 5.84 Å². The number of carbonyl (C=O) groups is 1. The van der Waals surface area contributed by atoms with Crippen molar-refractivity contribution in [3.05, 3.63) is 58.2 Å². The molecule has 4 N–H and O–H groups in total. The largest absolute Gasteiger partial charge is 0.393 e. The van der Waals surface area contributed by atoms with Crippen molar-refractivity contribution in [3.8, 4) is 11.8 Å². The summed E-state index contributed by atoms with van der Waals surface area (Å²) in [4.78, 5) is 12.2. The number of aliphatic hydroxyl groups is 1. The minimum absolute atomic E-state index is 0.0161. The molecule has 0 aliphatic heterocycles. The van der Waals surface area contributed by atoms with Gasteiger partial charge in [-0.25, -0.2) is 0 Å². The van der Waals surface area contributed by atoms with E-state index in [9.17, 15) is 9.90 Å². The van der Waals surface area contributed by atoms with Gasteiger partial charge in [-0.1, -0.05) is 41.7 Å². The maximum atomic E-state index is 12.2. The van der Waals surface area contributed by atoms with Gasteiger partial charge in [-0.3, -0.25) is 10.2 Å². The first-order chi connectivity index (χ1) is 17.4. The molecule has 0 aromatic heterocycles. The van der Waals surface area contributed by atoms with Crippen LogP contribution in [-0.4, -0.2) is 36.0 Å². The van der Waals surface area contributed by atoms with E-state index >= 15 is 0 Å². The molecule has 0 spiro atoms. The summed E-state index contributed by atoms with van der Waals surface area (Å²) in [5.41, 5.74) is 6.33. The van der Waals surface area contributed by atoms with Gasteiger partial charge in [0.2, 0.25) is 0 Å². The SMILES string of the molecule is CC12CC(c3ccc(C#CCOCC(=N)N=NN)cc3)C3=C4CCC(=O)C=C4CCC3C1CCC2O. The predicted molar refractivity (Wildman–Crippen MR) is 137 cm³/mol. The molecule has 4 aliphatic rings. The standard InChI is InChI=1S/C29H34N4O3/c1-29-16-24(19-6-4-18(5-7-19)3-2-14-36-17-27(30)32-33-31)28-22-11-9-21(34)15-20(22)8-10-23(28)25(29)12-13-26(29)35/h4-7,15,23-26,35H,8-14,16-17H2,1H3,(H3,30,31,32). The molecule has 0 bridgehead atoms. The highest BCUT2D eigenvalue weighted by Crippen LogP contribution is 2.63. The van der Waals surface area contributed by atoms with E-state index in [2.05, 4.69) is 53.4 Å². The number of aliphatic hydroxyl groups excluding tert-OH is 1. The average molecular weight is 487 g/mol. The Balaban J connectivity index is 1.40. The number of nitrogens with one attached hydrogen (secondary N) is 1. The van der Waals surface area contributed by atoms with Crippen LogP contribution in [0, 0.1) is 34.5 Å². The smallest absolute Gasteiger partial charge is 0.171 e. The fourth-order valence-electron chi connectivity index (χ4n) is 7.17. The van der Waals surface area contributed by atoms with E-state index in [4.69, 9.17) is 16.0 Å². The molecule has 0 saturated heterocycles. The topological polar surface area (TPSA) is 121 Å². The van der Waals surface area contributed by atoms with Crippen LogP contribution in [0.25, 0.3) is 0 Å². The molecule has 36 heavy (non-hydrogen) atoms. The number of nitrogens with two attached hydrogens (primary N) is 1. The lowest BCUT2D eigenvalue weighted by molar-refractivity contribution is -0.114. The van der Waals surface area contributed by atoms with Gasteiger partial charge < -0.3 is 15.7 Å². The van der Waals surface area contributed by atoms with Crippen molar-refractivity contribution in [1.82, 2.24) is 0 Å². The molecule has 0 amide bonds. The molecule has 5 atom stereocenters. The zero-order chi connectivity index (χ0) is 25.3. The maximum absolute atomic E-state index is 12.2. The Hall–Kier alpha value is -3.08. The summed E-state index contributed by atoms with van der Waals surface area (Å²) in [5, 5.41) is 24.9. The van der Waals surface area contributed by atoms with Gasteiger partial charge in [0.15, 0.2) is 11.6 Å². The first kappa shape index (κ1) is 24.6. The molecule has 5 unspecified atom stereocenters. The summed E-state index contributed by atoms with van der Waals surface area (Å²) >= 11 is 0. The molecule has 0 radical (unpaired) electrons. The van der Waals surface area contributed by atoms with Crippen LogP contribution in [0.15, 0.2) is 57.4 Å². The number of benzene rings is 1. The van der Waals surface area contributed by atoms with Gasteiger partial charge in [-0.05, 0) is 90.7 Å². The van der Waals surface area contributed by atoms with Crippen molar-refractivity contribution in [3.63, 3.8) is 0 Å². The van der Waals surface area contributed by atoms with Gasteiger partial charge in [-0.15, -0.1) is 5.11 Å². The highest BCUT2D eigenvalue weighted by Gasteiger charge is 2.56. The summed E-state index contributed by atoms with van der Waals surface area (Å²) in [6.07, 6.45) is 8.10. The van der Waals surface area contributed by atoms with Gasteiger partial charge in [0.25, 0.3) is 0 Å². The van der Waals surface area contributed by atoms with Gasteiger partial charge >= 0.3 is 0 Å². The normalized spacial score (nSPS) is 31.3. The van der Waals surface area contributed by atoms with E-state index < -0.39 is 0 Å². The number of hydrogen-bond acceptors (Lipinski definition) is 5. The molecule has 4 aliphatic carbocycles. The zero-order valence-corrected chi connectivity index (χ0v) is 20.8. The number of ketones is 1. The van der Waals surface area contributed by atoms with Gasteiger partial charge in [-0.2, -0.15) is 0 Å². The molecule has 1 aromatic rings. The number of carbonyl (C=O) groups excluding carboxylic acids is 1. The lowest BCUT2D eigenvalue weighted by Crippen LogP contribution is -2.45. The maximum Gasteiger partial charge on any atom is 0.171 e. The molecular weight excluding hydrogens is 452 g/mol. The van der Waals surface area contributed by atoms with Gasteiger partial charge in [0, 0.05) is 17.9 Å². The second-order valence-electron chi connectivity index (χ2n) is 10.8. The Morgan fingerprint density at radius 2 is 2.03 bits per heavy atom. The number of rotatable bonds is 4. The summed E-state index contributed by atoms with van der Waals surface area (Å²) < 4.78 is 5.30. The van der Waals surface area contributed by atoms with Crippen LogP contribution in [0.5, 0.6) is 0 Å². The second-order valence-corrected chi connectivity index (χ2v) is 10.8. The predicted octanol–water partition coefficient (Wildman–Crippen LogP) is 4.62. The van der Waals surface area contributed by atoms with E-state index in [-0.39, 0.29) is 42.3 Å². The van der Waals surface area contributed by atoms with Gasteiger partial charge in [0.05, 0.1) is 6.10 Å². The van der Waals surface area contributed by atoms with E-state index in [0.29, 0.717) is 18.3 Å². The van der Waals surface area contributed by atoms with Crippen LogP contribution in [0.4, 0.5) is 0 Å². The summed E-state index contributed by atoms with van der Waals surface area (Å²) in [6.45, 7) is 2.51. The van der Waals surface area contributed by atoms with Crippen molar-refractivity contribution in [2.45, 2.75) is 63.9 Å². The number of allylic oxidation sites excluding steroid dienone is 4. The minimum atomic E-state index is -0.251. The fourth-order valence-corrected chi connectivity index (χ4v) is 7.17. The number of nitrogens with zero attached hydrogens (tertiary/aromatic N) is 2. The van der Waals surface area contributed by atoms with Crippen molar-refractivity contribution in [2.75, 3.05) is 13.2 Å². The summed E-state index contributed by atoms with van der Waals surface area (Å²) in [7, 11) is 0. The fraction of sp³-hybridized carbons (Fsp3) is 0.517. The molecule has 2 fully saturated rings. The van der Waals surface area contributed by atoms with Crippen LogP contribution in [0.3, 0.4) is 0 Å². The highest BCUT2D eigenvalue weighted by atomic mass is 16.5. The Morgan fingerprint density at radius 3 is 2.81 bits per heavy atom. The van der Waals surface area contributed by atoms with Crippen molar-refractivity contribution >= 4 is 11.6 Å². The lowest BCUT2D eigenvalue weighted by Gasteiger charge is -2.52. The van der Waals surface area contributed by atoms with Crippen LogP contribution >= 0.6 is 0 Å². The van der Waals surface area contributed by atoms with Crippen molar-refractivity contribution in [2.24, 2.45) is 33.4 Å².